The Hall–Kier alpha value is -3.98. The molecule has 5 rings (SSSR count). The topological polar surface area (TPSA) is 69.4 Å². The van der Waals surface area contributed by atoms with Gasteiger partial charge in [0.05, 0.1) is 34.0 Å². The van der Waals surface area contributed by atoms with Crippen LogP contribution in [0.4, 0.5) is 8.78 Å². The number of pyridine rings is 1. The average Bonchev–Trinajstić information content (AvgIpc) is 3.46. The molecule has 1 saturated heterocycles. The first-order valence-corrected chi connectivity index (χ1v) is 11.6. The van der Waals surface area contributed by atoms with E-state index in [9.17, 15) is 18.4 Å². The second-order valence-corrected chi connectivity index (χ2v) is 8.84. The number of imidazole rings is 1. The Morgan fingerprint density at radius 3 is 2.75 bits per heavy atom. The predicted octanol–water partition coefficient (Wildman–Crippen LogP) is 4.66. The van der Waals surface area contributed by atoms with Crippen molar-refractivity contribution in [2.75, 3.05) is 13.1 Å². The zero-order valence-electron chi connectivity index (χ0n) is 19.0. The van der Waals surface area contributed by atoms with E-state index in [1.807, 2.05) is 0 Å². The molecule has 2 aromatic carbocycles. The fourth-order valence-electron chi connectivity index (χ4n) is 4.49. The number of rotatable bonds is 6. The molecular formula is C26H21ClF2N4O3. The molecular weight excluding hydrogens is 490 g/mol. The summed E-state index contributed by atoms with van der Waals surface area (Å²) in [4.78, 5) is 31.5. The summed E-state index contributed by atoms with van der Waals surface area (Å²) in [6, 6.07) is 10.00. The van der Waals surface area contributed by atoms with Gasteiger partial charge >= 0.3 is 5.69 Å². The molecule has 2 aromatic heterocycles. The Morgan fingerprint density at radius 1 is 1.17 bits per heavy atom. The Morgan fingerprint density at radius 2 is 2.00 bits per heavy atom. The maximum atomic E-state index is 13.6. The monoisotopic (exact) mass is 510 g/mol. The van der Waals surface area contributed by atoms with Gasteiger partial charge in [-0.2, -0.15) is 0 Å². The van der Waals surface area contributed by atoms with Gasteiger partial charge in [0.25, 0.3) is 0 Å². The van der Waals surface area contributed by atoms with E-state index < -0.39 is 11.6 Å². The molecule has 0 N–H and O–H groups in total. The second-order valence-electron chi connectivity index (χ2n) is 8.44. The molecule has 3 heterocycles. The Kier molecular flexibility index (Phi) is 6.32. The highest BCUT2D eigenvalue weighted by molar-refractivity contribution is 6.32. The van der Waals surface area contributed by atoms with Crippen LogP contribution in [0.1, 0.15) is 18.0 Å². The smallest absolute Gasteiger partial charge is 0.334 e. The lowest BCUT2D eigenvalue weighted by Gasteiger charge is -2.15. The van der Waals surface area contributed by atoms with Crippen molar-refractivity contribution in [2.45, 2.75) is 19.1 Å². The number of benzene rings is 2. The van der Waals surface area contributed by atoms with E-state index in [0.29, 0.717) is 47.5 Å². The van der Waals surface area contributed by atoms with Crippen molar-refractivity contribution in [1.29, 1.82) is 0 Å². The predicted molar refractivity (Wildman–Crippen MR) is 131 cm³/mol. The average molecular weight is 511 g/mol. The Labute approximate surface area is 209 Å². The third kappa shape index (κ3) is 4.26. The first-order valence-electron chi connectivity index (χ1n) is 11.2. The van der Waals surface area contributed by atoms with Gasteiger partial charge in [0.15, 0.2) is 11.6 Å². The molecule has 0 aliphatic carbocycles. The minimum absolute atomic E-state index is 0.0128. The SMILES string of the molecule is C=CC(=O)N1CCC(n2c(=O)n(-c3ccc(OCc4ccc(F)c(F)c4)c(Cl)c3)c3cnccc32)C1. The minimum Gasteiger partial charge on any atom is -0.487 e. The summed E-state index contributed by atoms with van der Waals surface area (Å²) in [5.41, 5.74) is 1.98. The molecule has 36 heavy (non-hydrogen) atoms. The molecule has 0 saturated carbocycles. The van der Waals surface area contributed by atoms with Gasteiger partial charge < -0.3 is 9.64 Å². The molecule has 1 atom stereocenters. The van der Waals surface area contributed by atoms with Crippen LogP contribution in [0.15, 0.2) is 72.3 Å². The van der Waals surface area contributed by atoms with E-state index in [4.69, 9.17) is 16.3 Å². The number of halogens is 3. The molecule has 1 amide bonds. The maximum absolute atomic E-state index is 13.6. The summed E-state index contributed by atoms with van der Waals surface area (Å²) in [6.45, 7) is 4.47. The van der Waals surface area contributed by atoms with Gasteiger partial charge in [0.2, 0.25) is 5.91 Å². The summed E-state index contributed by atoms with van der Waals surface area (Å²) < 4.78 is 35.5. The standard InChI is InChI=1S/C26H21ClF2N4O3/c1-2-25(34)31-10-8-18(14-31)33-22-7-9-30-13-23(22)32(26(33)35)17-4-6-24(19(27)12-17)36-15-16-3-5-20(28)21(29)11-16/h2-7,9,11-13,18H,1,8,10,14-15H2. The van der Waals surface area contributed by atoms with Gasteiger partial charge in [0, 0.05) is 19.3 Å². The molecule has 184 valence electrons. The highest BCUT2D eigenvalue weighted by Gasteiger charge is 2.30. The molecule has 1 aliphatic rings. The first-order chi connectivity index (χ1) is 17.4. The minimum atomic E-state index is -0.957. The highest BCUT2D eigenvalue weighted by Crippen LogP contribution is 2.30. The summed E-state index contributed by atoms with van der Waals surface area (Å²) in [5, 5.41) is 0.246. The summed E-state index contributed by atoms with van der Waals surface area (Å²) in [5.74, 6) is -1.73. The van der Waals surface area contributed by atoms with Gasteiger partial charge in [-0.05, 0) is 54.5 Å². The van der Waals surface area contributed by atoms with Crippen molar-refractivity contribution in [1.82, 2.24) is 19.0 Å². The molecule has 0 spiro atoms. The zero-order valence-corrected chi connectivity index (χ0v) is 19.8. The number of carbonyl (C=O) groups excluding carboxylic acids is 1. The van der Waals surface area contributed by atoms with Crippen LogP contribution in [0, 0.1) is 11.6 Å². The third-order valence-electron chi connectivity index (χ3n) is 6.24. The lowest BCUT2D eigenvalue weighted by atomic mass is 10.2. The molecule has 10 heteroatoms. The lowest BCUT2D eigenvalue weighted by Crippen LogP contribution is -2.31. The van der Waals surface area contributed by atoms with Crippen molar-refractivity contribution >= 4 is 28.5 Å². The molecule has 4 aromatic rings. The number of carbonyl (C=O) groups is 1. The van der Waals surface area contributed by atoms with E-state index in [2.05, 4.69) is 11.6 Å². The van der Waals surface area contributed by atoms with Gasteiger partial charge in [0.1, 0.15) is 12.4 Å². The summed E-state index contributed by atoms with van der Waals surface area (Å²) in [6.07, 6.45) is 5.14. The Balaban J connectivity index is 1.46. The number of nitrogens with zero attached hydrogens (tertiary/aromatic N) is 4. The van der Waals surface area contributed by atoms with Crippen LogP contribution in [0.5, 0.6) is 5.75 Å². The first kappa shape index (κ1) is 23.7. The van der Waals surface area contributed by atoms with Crippen LogP contribution in [-0.2, 0) is 11.4 Å². The largest absolute Gasteiger partial charge is 0.487 e. The molecule has 1 aliphatic heterocycles. The van der Waals surface area contributed by atoms with Crippen molar-refractivity contribution in [3.05, 3.63) is 100 Å². The fraction of sp³-hybridized carbons (Fsp3) is 0.192. The maximum Gasteiger partial charge on any atom is 0.334 e. The van der Waals surface area contributed by atoms with Crippen LogP contribution in [0.2, 0.25) is 5.02 Å². The van der Waals surface area contributed by atoms with Crippen molar-refractivity contribution in [2.24, 2.45) is 0 Å². The van der Waals surface area contributed by atoms with Crippen LogP contribution >= 0.6 is 11.6 Å². The van der Waals surface area contributed by atoms with Crippen molar-refractivity contribution in [3.8, 4) is 11.4 Å². The summed E-state index contributed by atoms with van der Waals surface area (Å²) in [7, 11) is 0. The van der Waals surface area contributed by atoms with Crippen molar-refractivity contribution in [3.63, 3.8) is 0 Å². The molecule has 1 unspecified atom stereocenters. The molecule has 1 fully saturated rings. The van der Waals surface area contributed by atoms with Crippen LogP contribution < -0.4 is 10.4 Å². The molecule has 0 bridgehead atoms. The van der Waals surface area contributed by atoms with E-state index in [0.717, 1.165) is 12.1 Å². The second kappa shape index (κ2) is 9.58. The third-order valence-corrected chi connectivity index (χ3v) is 6.54. The Bertz CT molecular complexity index is 1550. The zero-order chi connectivity index (χ0) is 25.4. The number of fused-ring (bicyclic) bond motifs is 1. The van der Waals surface area contributed by atoms with E-state index in [-0.39, 0.29) is 29.3 Å². The molecule has 7 nitrogen and oxygen atoms in total. The van der Waals surface area contributed by atoms with Crippen LogP contribution in [0.3, 0.4) is 0 Å². The normalized spacial score (nSPS) is 15.4. The van der Waals surface area contributed by atoms with E-state index >= 15 is 0 Å². The molecule has 0 radical (unpaired) electrons. The quantitative estimate of drug-likeness (QED) is 0.354. The van der Waals surface area contributed by atoms with Crippen LogP contribution in [0.25, 0.3) is 16.7 Å². The van der Waals surface area contributed by atoms with Gasteiger partial charge in [-0.3, -0.25) is 18.9 Å². The number of amides is 1. The highest BCUT2D eigenvalue weighted by atomic mass is 35.5. The summed E-state index contributed by atoms with van der Waals surface area (Å²) >= 11 is 6.46. The van der Waals surface area contributed by atoms with E-state index in [1.54, 1.807) is 46.1 Å². The lowest BCUT2D eigenvalue weighted by molar-refractivity contribution is -0.125. The number of hydrogen-bond acceptors (Lipinski definition) is 4. The van der Waals surface area contributed by atoms with Gasteiger partial charge in [-0.25, -0.2) is 13.6 Å². The van der Waals surface area contributed by atoms with Crippen LogP contribution in [-0.4, -0.2) is 38.0 Å². The van der Waals surface area contributed by atoms with Gasteiger partial charge in [-0.15, -0.1) is 0 Å². The van der Waals surface area contributed by atoms with E-state index in [1.165, 1.54) is 16.7 Å². The number of hydrogen-bond donors (Lipinski definition) is 0. The fourth-order valence-corrected chi connectivity index (χ4v) is 4.72. The number of aromatic nitrogens is 3. The number of likely N-dealkylation sites (tertiary alicyclic amines) is 1. The van der Waals surface area contributed by atoms with Gasteiger partial charge in [-0.1, -0.05) is 24.2 Å². The number of ether oxygens (including phenoxy) is 1. The van der Waals surface area contributed by atoms with Crippen molar-refractivity contribution < 1.29 is 18.3 Å².